The molecule has 162 valence electrons. The number of nitrogens with one attached hydrogen (secondary N) is 1. The molecule has 2 fully saturated rings. The van der Waals surface area contributed by atoms with Crippen LogP contribution in [0, 0.1) is 11.8 Å². The van der Waals surface area contributed by atoms with Crippen molar-refractivity contribution in [2.45, 2.75) is 65.7 Å². The van der Waals surface area contributed by atoms with Gasteiger partial charge in [0.15, 0.2) is 0 Å². The van der Waals surface area contributed by atoms with Crippen molar-refractivity contribution >= 4 is 17.3 Å². The summed E-state index contributed by atoms with van der Waals surface area (Å²) in [6.45, 7) is 9.53. The maximum absolute atomic E-state index is 12.1. The Kier molecular flexibility index (Phi) is 9.22. The van der Waals surface area contributed by atoms with E-state index in [0.29, 0.717) is 13.0 Å². The summed E-state index contributed by atoms with van der Waals surface area (Å²) in [7, 11) is 1.66. The van der Waals surface area contributed by atoms with E-state index >= 15 is 0 Å². The number of ether oxygens (including phenoxy) is 1. The lowest BCUT2D eigenvalue weighted by atomic mass is 9.75. The van der Waals surface area contributed by atoms with E-state index in [-0.39, 0.29) is 13.3 Å². The van der Waals surface area contributed by atoms with Gasteiger partial charge in [0.25, 0.3) is 0 Å². The standard InChI is InChI=1S/C24H36N2O2.CH4/c1-4-19-16-22(25-24(27)10-7-15-28-3)11-12-23(19)18(2)26-14-13-20-8-5-6-9-21(20)17-26;/h11-12,16,20-21H,2,4-10,13-15,17H2,1,3H3,(H,25,27);1H4. The molecule has 1 heterocycles. The lowest BCUT2D eigenvalue weighted by Crippen LogP contribution is -2.40. The molecule has 3 rings (SSSR count). The van der Waals surface area contributed by atoms with Gasteiger partial charge in [0.2, 0.25) is 5.91 Å². The lowest BCUT2D eigenvalue weighted by molar-refractivity contribution is -0.116. The number of hydrogen-bond donors (Lipinski definition) is 1. The average molecular weight is 401 g/mol. The van der Waals surface area contributed by atoms with Crippen LogP contribution in [0.5, 0.6) is 0 Å². The number of aryl methyl sites for hydroxylation is 1. The number of fused-ring (bicyclic) bond motifs is 1. The van der Waals surface area contributed by atoms with E-state index in [0.717, 1.165) is 49.2 Å². The van der Waals surface area contributed by atoms with Crippen LogP contribution in [0.4, 0.5) is 5.69 Å². The predicted octanol–water partition coefficient (Wildman–Crippen LogP) is 5.73. The van der Waals surface area contributed by atoms with Crippen LogP contribution in [-0.4, -0.2) is 37.6 Å². The molecule has 1 saturated carbocycles. The van der Waals surface area contributed by atoms with Crippen molar-refractivity contribution in [3.8, 4) is 0 Å². The third kappa shape index (κ3) is 6.08. The van der Waals surface area contributed by atoms with Crippen LogP contribution in [0.15, 0.2) is 24.8 Å². The van der Waals surface area contributed by atoms with Crippen LogP contribution in [0.3, 0.4) is 0 Å². The third-order valence-electron chi connectivity index (χ3n) is 6.51. The predicted molar refractivity (Wildman–Crippen MR) is 123 cm³/mol. The molecule has 29 heavy (non-hydrogen) atoms. The number of amides is 1. The molecule has 0 bridgehead atoms. The monoisotopic (exact) mass is 400 g/mol. The van der Waals surface area contributed by atoms with E-state index in [9.17, 15) is 4.79 Å². The highest BCUT2D eigenvalue weighted by Crippen LogP contribution is 2.38. The zero-order valence-electron chi connectivity index (χ0n) is 17.6. The fourth-order valence-corrected chi connectivity index (χ4v) is 4.86. The van der Waals surface area contributed by atoms with Crippen molar-refractivity contribution in [1.82, 2.24) is 4.90 Å². The highest BCUT2D eigenvalue weighted by atomic mass is 16.5. The molecule has 0 aromatic heterocycles. The largest absolute Gasteiger partial charge is 0.385 e. The SMILES string of the molecule is C.C=C(c1ccc(NC(=O)CCCOC)cc1CC)N1CCC2CCCCC2C1. The smallest absolute Gasteiger partial charge is 0.224 e. The molecule has 2 atom stereocenters. The zero-order chi connectivity index (χ0) is 19.9. The number of rotatable bonds is 8. The normalized spacial score (nSPS) is 21.1. The fraction of sp³-hybridized carbons (Fsp3) is 0.640. The van der Waals surface area contributed by atoms with Crippen molar-refractivity contribution in [3.63, 3.8) is 0 Å². The van der Waals surface area contributed by atoms with Gasteiger partial charge in [-0.1, -0.05) is 46.3 Å². The summed E-state index contributed by atoms with van der Waals surface area (Å²) >= 11 is 0. The van der Waals surface area contributed by atoms with Gasteiger partial charge in [-0.05, 0) is 55.2 Å². The molecule has 1 amide bonds. The van der Waals surface area contributed by atoms with Crippen molar-refractivity contribution in [2.75, 3.05) is 32.1 Å². The fourth-order valence-electron chi connectivity index (χ4n) is 4.86. The number of methoxy groups -OCH3 is 1. The van der Waals surface area contributed by atoms with Crippen LogP contribution in [0.2, 0.25) is 0 Å². The van der Waals surface area contributed by atoms with E-state index < -0.39 is 0 Å². The molecule has 1 aromatic carbocycles. The molecule has 1 aliphatic heterocycles. The van der Waals surface area contributed by atoms with Gasteiger partial charge < -0.3 is 15.0 Å². The average Bonchev–Trinajstić information content (AvgIpc) is 2.73. The summed E-state index contributed by atoms with van der Waals surface area (Å²) in [4.78, 5) is 14.6. The number of benzene rings is 1. The van der Waals surface area contributed by atoms with Crippen LogP contribution < -0.4 is 5.32 Å². The molecule has 1 aromatic rings. The number of likely N-dealkylation sites (tertiary alicyclic amines) is 1. The lowest BCUT2D eigenvalue weighted by Gasteiger charge is -2.43. The molecule has 2 aliphatic rings. The first kappa shape index (κ1) is 23.5. The molecular weight excluding hydrogens is 360 g/mol. The summed E-state index contributed by atoms with van der Waals surface area (Å²) in [5, 5.41) is 3.02. The van der Waals surface area contributed by atoms with Gasteiger partial charge in [-0.3, -0.25) is 4.79 Å². The molecule has 4 nitrogen and oxygen atoms in total. The van der Waals surface area contributed by atoms with E-state index in [4.69, 9.17) is 4.74 Å². The molecule has 1 saturated heterocycles. The van der Waals surface area contributed by atoms with Gasteiger partial charge in [0.1, 0.15) is 0 Å². The topological polar surface area (TPSA) is 41.6 Å². The van der Waals surface area contributed by atoms with Crippen molar-refractivity contribution in [3.05, 3.63) is 35.9 Å². The minimum Gasteiger partial charge on any atom is -0.385 e. The molecule has 0 spiro atoms. The Hall–Kier alpha value is -1.81. The molecule has 4 heteroatoms. The highest BCUT2D eigenvalue weighted by molar-refractivity contribution is 5.91. The second-order valence-electron chi connectivity index (χ2n) is 8.36. The molecular formula is C25H40N2O2. The Morgan fingerprint density at radius 2 is 2.00 bits per heavy atom. The molecule has 0 radical (unpaired) electrons. The number of nitrogens with zero attached hydrogens (tertiary/aromatic N) is 1. The van der Waals surface area contributed by atoms with E-state index in [1.165, 1.54) is 43.2 Å². The first-order valence-electron chi connectivity index (χ1n) is 11.0. The van der Waals surface area contributed by atoms with Crippen LogP contribution >= 0.6 is 0 Å². The maximum Gasteiger partial charge on any atom is 0.224 e. The van der Waals surface area contributed by atoms with Gasteiger partial charge in [-0.2, -0.15) is 0 Å². The number of anilines is 1. The van der Waals surface area contributed by atoms with Gasteiger partial charge in [0.05, 0.1) is 0 Å². The van der Waals surface area contributed by atoms with Gasteiger partial charge in [-0.15, -0.1) is 0 Å². The Morgan fingerprint density at radius 1 is 1.24 bits per heavy atom. The van der Waals surface area contributed by atoms with E-state index in [1.54, 1.807) is 7.11 Å². The summed E-state index contributed by atoms with van der Waals surface area (Å²) < 4.78 is 5.02. The van der Waals surface area contributed by atoms with Crippen molar-refractivity contribution < 1.29 is 9.53 Å². The van der Waals surface area contributed by atoms with Crippen LogP contribution in [-0.2, 0) is 16.0 Å². The molecule has 2 unspecified atom stereocenters. The Labute approximate surface area is 177 Å². The second kappa shape index (κ2) is 11.4. The first-order chi connectivity index (χ1) is 13.6. The van der Waals surface area contributed by atoms with Gasteiger partial charge in [0, 0.05) is 50.2 Å². The Bertz CT molecular complexity index is 685. The molecule has 1 aliphatic carbocycles. The molecule has 1 N–H and O–H groups in total. The van der Waals surface area contributed by atoms with E-state index in [1.807, 2.05) is 6.07 Å². The summed E-state index contributed by atoms with van der Waals surface area (Å²) in [6.07, 6.45) is 9.08. The first-order valence-corrected chi connectivity index (χ1v) is 11.0. The van der Waals surface area contributed by atoms with Crippen molar-refractivity contribution in [2.24, 2.45) is 11.8 Å². The second-order valence-corrected chi connectivity index (χ2v) is 8.36. The summed E-state index contributed by atoms with van der Waals surface area (Å²) in [6, 6.07) is 6.27. The maximum atomic E-state index is 12.1. The quantitative estimate of drug-likeness (QED) is 0.566. The summed E-state index contributed by atoms with van der Waals surface area (Å²) in [5.41, 5.74) is 4.51. The van der Waals surface area contributed by atoms with Crippen LogP contribution in [0.1, 0.15) is 70.4 Å². The Balaban J connectivity index is 0.00000300. The van der Waals surface area contributed by atoms with Gasteiger partial charge in [-0.25, -0.2) is 0 Å². The third-order valence-corrected chi connectivity index (χ3v) is 6.51. The Morgan fingerprint density at radius 3 is 2.72 bits per heavy atom. The highest BCUT2D eigenvalue weighted by Gasteiger charge is 2.31. The number of hydrogen-bond acceptors (Lipinski definition) is 3. The van der Waals surface area contributed by atoms with Gasteiger partial charge >= 0.3 is 0 Å². The van der Waals surface area contributed by atoms with Crippen molar-refractivity contribution in [1.29, 1.82) is 0 Å². The van der Waals surface area contributed by atoms with E-state index in [2.05, 4.69) is 35.9 Å². The minimum atomic E-state index is 0. The summed E-state index contributed by atoms with van der Waals surface area (Å²) in [5.74, 6) is 1.82. The number of carbonyl (C=O) groups is 1. The minimum absolute atomic E-state index is 0. The number of piperidine rings is 1. The zero-order valence-corrected chi connectivity index (χ0v) is 17.6. The number of carbonyl (C=O) groups excluding carboxylic acids is 1. The van der Waals surface area contributed by atoms with Crippen LogP contribution in [0.25, 0.3) is 5.70 Å².